The Morgan fingerprint density at radius 2 is 1.09 bits per heavy atom. The van der Waals surface area contributed by atoms with Gasteiger partial charge in [-0.3, -0.25) is 23.3 Å². The average molecular weight is 555 g/mol. The molecule has 2 N–H and O–H groups in total. The van der Waals surface area contributed by atoms with Crippen LogP contribution < -0.4 is 103 Å². The first-order valence-corrected chi connectivity index (χ1v) is 11.5. The van der Waals surface area contributed by atoms with Gasteiger partial charge in [0.2, 0.25) is 0 Å². The molecule has 2 unspecified atom stereocenters. The van der Waals surface area contributed by atoms with Crippen LogP contribution >= 0.6 is 0 Å². The van der Waals surface area contributed by atoms with Crippen molar-refractivity contribution in [2.45, 2.75) is 12.1 Å². The monoisotopic (exact) mass is 554 g/mol. The molecule has 18 heteroatoms. The van der Waals surface area contributed by atoms with E-state index in [1.165, 1.54) is 37.0 Å². The minimum absolute atomic E-state index is 0. The first kappa shape index (κ1) is 32.8. The Morgan fingerprint density at radius 3 is 1.38 bits per heavy atom. The molecular formula is C14H12K2N4O9S3. The smallest absolute Gasteiger partial charge is 0.784 e. The fourth-order valence-corrected chi connectivity index (χ4v) is 3.31. The van der Waals surface area contributed by atoms with Crippen molar-refractivity contribution in [1.82, 2.24) is 0 Å². The summed E-state index contributed by atoms with van der Waals surface area (Å²) in [5, 5.41) is 0. The summed E-state index contributed by atoms with van der Waals surface area (Å²) in [7, 11) is -8.25. The van der Waals surface area contributed by atoms with Crippen LogP contribution in [0.25, 0.3) is 0 Å². The number of fused-ring (bicyclic) bond motifs is 2. The fourth-order valence-electron chi connectivity index (χ4n) is 2.27. The van der Waals surface area contributed by atoms with Gasteiger partial charge in [0.15, 0.2) is 0 Å². The van der Waals surface area contributed by atoms with E-state index >= 15 is 0 Å². The molecule has 4 rings (SSSR count). The molecule has 0 fully saturated rings. The molecule has 2 heterocycles. The Morgan fingerprint density at radius 1 is 0.781 bits per heavy atom. The van der Waals surface area contributed by atoms with Gasteiger partial charge in [-0.1, -0.05) is 12.2 Å². The van der Waals surface area contributed by atoms with Gasteiger partial charge in [-0.25, -0.2) is 9.98 Å². The minimum atomic E-state index is -4.13. The van der Waals surface area contributed by atoms with E-state index in [2.05, 4.69) is 20.0 Å². The van der Waals surface area contributed by atoms with E-state index in [1.54, 1.807) is 12.2 Å². The van der Waals surface area contributed by atoms with E-state index in [0.717, 1.165) is 0 Å². The zero-order valence-electron chi connectivity index (χ0n) is 16.5. The predicted molar refractivity (Wildman–Crippen MR) is 107 cm³/mol. The second kappa shape index (κ2) is 14.4. The minimum Gasteiger partial charge on any atom is -0.784 e. The topological polar surface area (TPSA) is 221 Å². The molecule has 0 aromatic rings. The molecule has 0 spiro atoms. The molecule has 0 radical (unpaired) electrons. The quantitative estimate of drug-likeness (QED) is 0.188. The Bertz CT molecular complexity index is 1110. The zero-order chi connectivity index (χ0) is 22.5. The van der Waals surface area contributed by atoms with Crippen molar-refractivity contribution in [3.8, 4) is 0 Å². The van der Waals surface area contributed by atoms with Crippen molar-refractivity contribution in [2.75, 3.05) is 0 Å². The molecule has 162 valence electrons. The van der Waals surface area contributed by atoms with E-state index in [4.69, 9.17) is 22.4 Å². The van der Waals surface area contributed by atoms with Gasteiger partial charge in [0.25, 0.3) is 20.2 Å². The third-order valence-electron chi connectivity index (χ3n) is 3.54. The molecule has 0 aromatic heterocycles. The van der Waals surface area contributed by atoms with Crippen LogP contribution in [0, 0.1) is 0 Å². The van der Waals surface area contributed by atoms with Gasteiger partial charge in [0.1, 0.15) is 24.8 Å². The molecular weight excluding hydrogens is 543 g/mol. The Labute approximate surface area is 271 Å². The van der Waals surface area contributed by atoms with E-state index < -0.39 is 31.6 Å². The van der Waals surface area contributed by atoms with Gasteiger partial charge in [-0.2, -0.15) is 16.8 Å². The molecule has 0 saturated carbocycles. The molecule has 2 atom stereocenters. The summed E-state index contributed by atoms with van der Waals surface area (Å²) in [6, 6.07) is -0.379. The molecule has 2 aliphatic heterocycles. The summed E-state index contributed by atoms with van der Waals surface area (Å²) in [6.07, 6.45) is 11.2. The number of allylic oxidation sites excluding steroid dienone is 2. The summed E-state index contributed by atoms with van der Waals surface area (Å²) in [5.74, 6) is 0. The average Bonchev–Trinajstić information content (AvgIpc) is 3.28. The van der Waals surface area contributed by atoms with E-state index in [0.29, 0.717) is 11.4 Å². The van der Waals surface area contributed by atoms with Crippen LogP contribution in [0.15, 0.2) is 66.2 Å². The zero-order valence-corrected chi connectivity index (χ0v) is 25.2. The molecule has 4 aliphatic rings. The summed E-state index contributed by atoms with van der Waals surface area (Å²) in [5.41, 5.74) is 1.07. The standard InChI is InChI=1S/2C7H6N2O3S.2K.H2O3S/c2*10-13(11,12)5-1-2-6-7(3-5)9-4-8-6;;;1-4(2)3/h2*1-4,6H,(H,10,11,12);;;(H2,1,2,3)/q;;2*+1;/p-2. The first-order chi connectivity index (χ1) is 13.9. The van der Waals surface area contributed by atoms with Crippen molar-refractivity contribution < 1.29 is 142 Å². The van der Waals surface area contributed by atoms with Crippen LogP contribution in [0.1, 0.15) is 0 Å². The van der Waals surface area contributed by atoms with Gasteiger partial charge in [-0.05, 0) is 24.3 Å². The van der Waals surface area contributed by atoms with Crippen molar-refractivity contribution in [3.05, 3.63) is 46.3 Å². The van der Waals surface area contributed by atoms with Gasteiger partial charge in [-0.15, -0.1) is 11.4 Å². The van der Waals surface area contributed by atoms with Gasteiger partial charge < -0.3 is 9.11 Å². The molecule has 0 amide bonds. The van der Waals surface area contributed by atoms with Crippen LogP contribution in [0.4, 0.5) is 0 Å². The summed E-state index contributed by atoms with van der Waals surface area (Å²) in [6.45, 7) is 0. The Kier molecular flexibility index (Phi) is 14.7. The van der Waals surface area contributed by atoms with Gasteiger partial charge in [0.05, 0.1) is 21.2 Å². The maximum absolute atomic E-state index is 10.7. The van der Waals surface area contributed by atoms with E-state index in [9.17, 15) is 16.8 Å². The summed E-state index contributed by atoms with van der Waals surface area (Å²) < 4.78 is 85.6. The number of nitrogens with zero attached hydrogens (tertiary/aromatic N) is 4. The van der Waals surface area contributed by atoms with Crippen molar-refractivity contribution in [1.29, 1.82) is 0 Å². The third kappa shape index (κ3) is 10.6. The molecule has 0 aromatic carbocycles. The number of rotatable bonds is 2. The summed E-state index contributed by atoms with van der Waals surface area (Å²) >= 11 is -3.11. The Hall–Kier alpha value is 0.803. The van der Waals surface area contributed by atoms with Crippen molar-refractivity contribution in [3.63, 3.8) is 0 Å². The molecule has 0 saturated heterocycles. The molecule has 13 nitrogen and oxygen atoms in total. The number of hydrogen-bond acceptors (Lipinski definition) is 11. The number of hydrogen-bond donors (Lipinski definition) is 2. The van der Waals surface area contributed by atoms with Crippen LogP contribution in [0.2, 0.25) is 0 Å². The van der Waals surface area contributed by atoms with Gasteiger partial charge in [0, 0.05) is 0 Å². The van der Waals surface area contributed by atoms with Crippen molar-refractivity contribution >= 4 is 55.7 Å². The fraction of sp³-hybridized carbons (Fsp3) is 0.143. The molecule has 0 bridgehead atoms. The normalized spacial score (nSPS) is 21.8. The van der Waals surface area contributed by atoms with Crippen LogP contribution in [0.5, 0.6) is 0 Å². The van der Waals surface area contributed by atoms with Crippen molar-refractivity contribution in [2.24, 2.45) is 20.0 Å². The van der Waals surface area contributed by atoms with Crippen LogP contribution in [0.3, 0.4) is 0 Å². The largest absolute Gasteiger partial charge is 1.00 e. The third-order valence-corrected chi connectivity index (χ3v) is 5.24. The molecule has 32 heavy (non-hydrogen) atoms. The maximum Gasteiger partial charge on any atom is 1.00 e. The second-order valence-electron chi connectivity index (χ2n) is 5.49. The number of aliphatic imine (C=N–C) groups is 4. The van der Waals surface area contributed by atoms with Crippen LogP contribution in [-0.4, -0.2) is 75.4 Å². The molecule has 2 aliphatic carbocycles. The second-order valence-corrected chi connectivity index (χ2v) is 8.74. The van der Waals surface area contributed by atoms with E-state index in [1.807, 2.05) is 0 Å². The SMILES string of the molecule is O=S(=O)(O)C1=CC2=NC=NC2C=C1.O=S(=O)(O)C1=CC2=NC=NC2C=C1.O=S([O-])[O-].[K+].[K+]. The van der Waals surface area contributed by atoms with E-state index in [-0.39, 0.29) is 125 Å². The van der Waals surface area contributed by atoms with Crippen LogP contribution in [-0.2, 0) is 31.6 Å². The maximum atomic E-state index is 10.7. The van der Waals surface area contributed by atoms with Gasteiger partial charge >= 0.3 is 103 Å². The summed E-state index contributed by atoms with van der Waals surface area (Å²) in [4.78, 5) is 15.3. The Balaban J connectivity index is 0.000000490. The first-order valence-electron chi connectivity index (χ1n) is 7.58. The predicted octanol–water partition coefficient (Wildman–Crippen LogP) is -6.64.